The molecule has 0 spiro atoms. The van der Waals surface area contributed by atoms with Crippen LogP contribution in [-0.2, 0) is 14.3 Å². The van der Waals surface area contributed by atoms with Gasteiger partial charge < -0.3 is 20.1 Å². The fourth-order valence-electron chi connectivity index (χ4n) is 1.47. The zero-order chi connectivity index (χ0) is 13.8. The van der Waals surface area contributed by atoms with Crippen LogP contribution in [0.3, 0.4) is 0 Å². The van der Waals surface area contributed by atoms with Gasteiger partial charge in [-0.15, -0.1) is 0 Å². The van der Waals surface area contributed by atoms with Crippen LogP contribution in [0.4, 0.5) is 4.79 Å². The number of ether oxygens (including phenoxy) is 1. The molecule has 1 aliphatic rings. The minimum atomic E-state index is -0.893. The number of carbonyl (C=O) groups excluding carboxylic acids is 2. The van der Waals surface area contributed by atoms with E-state index >= 15 is 0 Å². The molecule has 1 aliphatic carbocycles. The van der Waals surface area contributed by atoms with Gasteiger partial charge in [0.15, 0.2) is 0 Å². The van der Waals surface area contributed by atoms with Crippen LogP contribution in [0.2, 0.25) is 0 Å². The average molecular weight is 258 g/mol. The SMILES string of the molecule is CCOC(=O)CN(C)C(=O)NCC1(C(=O)O)CC1. The number of urea groups is 1. The molecule has 7 nitrogen and oxygen atoms in total. The Bertz CT molecular complexity index is 351. The molecule has 7 heteroatoms. The van der Waals surface area contributed by atoms with Crippen molar-refractivity contribution in [3.8, 4) is 0 Å². The van der Waals surface area contributed by atoms with Gasteiger partial charge in [0, 0.05) is 13.6 Å². The minimum Gasteiger partial charge on any atom is -0.481 e. The third kappa shape index (κ3) is 3.61. The van der Waals surface area contributed by atoms with E-state index in [2.05, 4.69) is 5.32 Å². The number of likely N-dealkylation sites (N-methyl/N-ethyl adjacent to an activating group) is 1. The highest BCUT2D eigenvalue weighted by Crippen LogP contribution is 2.45. The smallest absolute Gasteiger partial charge is 0.325 e. The van der Waals surface area contributed by atoms with Crippen molar-refractivity contribution in [2.75, 3.05) is 26.7 Å². The predicted octanol–water partition coefficient (Wildman–Crippen LogP) is 0.0557. The number of aliphatic carboxylic acids is 1. The summed E-state index contributed by atoms with van der Waals surface area (Å²) in [5.74, 6) is -1.38. The Morgan fingerprint density at radius 1 is 1.39 bits per heavy atom. The number of rotatable bonds is 6. The molecule has 0 atom stereocenters. The maximum atomic E-state index is 11.6. The van der Waals surface area contributed by atoms with Crippen LogP contribution in [0.25, 0.3) is 0 Å². The predicted molar refractivity (Wildman–Crippen MR) is 62.0 cm³/mol. The van der Waals surface area contributed by atoms with Crippen molar-refractivity contribution in [1.82, 2.24) is 10.2 Å². The second-order valence-corrected chi connectivity index (χ2v) is 4.41. The van der Waals surface area contributed by atoms with Gasteiger partial charge in [-0.1, -0.05) is 0 Å². The fraction of sp³-hybridized carbons (Fsp3) is 0.727. The van der Waals surface area contributed by atoms with E-state index in [9.17, 15) is 14.4 Å². The molecule has 0 aliphatic heterocycles. The molecule has 1 fully saturated rings. The summed E-state index contributed by atoms with van der Waals surface area (Å²) in [6.07, 6.45) is 1.15. The first kappa shape index (κ1) is 14.3. The van der Waals surface area contributed by atoms with Crippen LogP contribution in [0.5, 0.6) is 0 Å². The van der Waals surface area contributed by atoms with Crippen LogP contribution in [-0.4, -0.2) is 54.7 Å². The van der Waals surface area contributed by atoms with E-state index in [4.69, 9.17) is 9.84 Å². The molecule has 18 heavy (non-hydrogen) atoms. The van der Waals surface area contributed by atoms with Gasteiger partial charge in [0.05, 0.1) is 12.0 Å². The molecule has 0 aromatic rings. The summed E-state index contributed by atoms with van der Waals surface area (Å²) >= 11 is 0. The summed E-state index contributed by atoms with van der Waals surface area (Å²) < 4.78 is 4.70. The first-order chi connectivity index (χ1) is 8.41. The first-order valence-corrected chi connectivity index (χ1v) is 5.79. The van der Waals surface area contributed by atoms with E-state index in [1.165, 1.54) is 7.05 Å². The molecule has 0 aromatic carbocycles. The summed E-state index contributed by atoms with van der Waals surface area (Å²) in [5.41, 5.74) is -0.805. The third-order valence-electron chi connectivity index (χ3n) is 2.90. The van der Waals surface area contributed by atoms with E-state index in [-0.39, 0.29) is 19.7 Å². The van der Waals surface area contributed by atoms with Gasteiger partial charge in [0.25, 0.3) is 0 Å². The van der Waals surface area contributed by atoms with E-state index in [1.807, 2.05) is 0 Å². The molecule has 2 N–H and O–H groups in total. The number of nitrogens with zero attached hydrogens (tertiary/aromatic N) is 1. The molecule has 0 aromatic heterocycles. The standard InChI is InChI=1S/C11H18N2O5/c1-3-18-8(14)6-13(2)10(17)12-7-11(4-5-11)9(15)16/h3-7H2,1-2H3,(H,12,17)(H,15,16). The van der Waals surface area contributed by atoms with E-state index in [0.29, 0.717) is 12.8 Å². The second-order valence-electron chi connectivity index (χ2n) is 4.41. The normalized spacial score (nSPS) is 15.7. The number of carboxylic acids is 1. The molecular weight excluding hydrogens is 240 g/mol. The van der Waals surface area contributed by atoms with Gasteiger partial charge in [0.2, 0.25) is 0 Å². The molecule has 0 bridgehead atoms. The van der Waals surface area contributed by atoms with Crippen molar-refractivity contribution in [2.24, 2.45) is 5.41 Å². The summed E-state index contributed by atoms with van der Waals surface area (Å²) in [4.78, 5) is 34.8. The van der Waals surface area contributed by atoms with Gasteiger partial charge in [0.1, 0.15) is 6.54 Å². The zero-order valence-electron chi connectivity index (χ0n) is 10.6. The Kier molecular flexibility index (Phi) is 4.52. The summed E-state index contributed by atoms with van der Waals surface area (Å²) in [6.45, 7) is 1.88. The molecule has 0 radical (unpaired) electrons. The highest BCUT2D eigenvalue weighted by atomic mass is 16.5. The van der Waals surface area contributed by atoms with Crippen molar-refractivity contribution in [3.05, 3.63) is 0 Å². The van der Waals surface area contributed by atoms with Gasteiger partial charge in [-0.05, 0) is 19.8 Å². The molecule has 1 rings (SSSR count). The minimum absolute atomic E-state index is 0.0916. The lowest BCUT2D eigenvalue weighted by Gasteiger charge is -2.18. The lowest BCUT2D eigenvalue weighted by molar-refractivity contribution is -0.144. The number of esters is 1. The molecular formula is C11H18N2O5. The summed E-state index contributed by atoms with van der Waals surface area (Å²) in [6, 6.07) is -0.476. The molecule has 0 saturated heterocycles. The van der Waals surface area contributed by atoms with Gasteiger partial charge in [-0.25, -0.2) is 4.79 Å². The fourth-order valence-corrected chi connectivity index (χ4v) is 1.47. The monoisotopic (exact) mass is 258 g/mol. The number of hydrogen-bond acceptors (Lipinski definition) is 4. The maximum absolute atomic E-state index is 11.6. The average Bonchev–Trinajstić information content (AvgIpc) is 3.07. The maximum Gasteiger partial charge on any atom is 0.325 e. The lowest BCUT2D eigenvalue weighted by Crippen LogP contribution is -2.43. The largest absolute Gasteiger partial charge is 0.481 e. The molecule has 0 heterocycles. The van der Waals surface area contributed by atoms with Gasteiger partial charge in [-0.2, -0.15) is 0 Å². The van der Waals surface area contributed by atoms with Gasteiger partial charge >= 0.3 is 18.0 Å². The number of carbonyl (C=O) groups is 3. The Morgan fingerprint density at radius 3 is 2.44 bits per heavy atom. The highest BCUT2D eigenvalue weighted by molar-refractivity contribution is 5.82. The number of hydrogen-bond donors (Lipinski definition) is 2. The van der Waals surface area contributed by atoms with Crippen LogP contribution in [0.1, 0.15) is 19.8 Å². The summed E-state index contributed by atoms with van der Waals surface area (Å²) in [5, 5.41) is 11.4. The van der Waals surface area contributed by atoms with Gasteiger partial charge in [-0.3, -0.25) is 9.59 Å². The van der Waals surface area contributed by atoms with Crippen molar-refractivity contribution >= 4 is 18.0 Å². The van der Waals surface area contributed by atoms with Crippen LogP contribution in [0.15, 0.2) is 0 Å². The lowest BCUT2D eigenvalue weighted by atomic mass is 10.1. The Labute approximate surface area is 105 Å². The van der Waals surface area contributed by atoms with Crippen molar-refractivity contribution in [3.63, 3.8) is 0 Å². The second kappa shape index (κ2) is 5.70. The molecule has 2 amide bonds. The number of nitrogens with one attached hydrogen (secondary N) is 1. The molecule has 0 unspecified atom stereocenters. The molecule has 102 valence electrons. The Morgan fingerprint density at radius 2 is 2.00 bits per heavy atom. The number of amides is 2. The van der Waals surface area contributed by atoms with Crippen LogP contribution in [0, 0.1) is 5.41 Å². The third-order valence-corrected chi connectivity index (χ3v) is 2.90. The van der Waals surface area contributed by atoms with Crippen molar-refractivity contribution in [2.45, 2.75) is 19.8 Å². The van der Waals surface area contributed by atoms with E-state index < -0.39 is 23.4 Å². The highest BCUT2D eigenvalue weighted by Gasteiger charge is 2.50. The van der Waals surface area contributed by atoms with Crippen LogP contribution >= 0.6 is 0 Å². The van der Waals surface area contributed by atoms with Crippen molar-refractivity contribution < 1.29 is 24.2 Å². The Hall–Kier alpha value is -1.79. The van der Waals surface area contributed by atoms with Crippen molar-refractivity contribution in [1.29, 1.82) is 0 Å². The summed E-state index contributed by atoms with van der Waals surface area (Å²) in [7, 11) is 1.45. The first-order valence-electron chi connectivity index (χ1n) is 5.79. The number of carboxylic acid groups (broad SMARTS) is 1. The van der Waals surface area contributed by atoms with Crippen LogP contribution < -0.4 is 5.32 Å². The van der Waals surface area contributed by atoms with E-state index in [1.54, 1.807) is 6.92 Å². The Balaban J connectivity index is 2.32. The zero-order valence-corrected chi connectivity index (χ0v) is 10.6. The molecule has 1 saturated carbocycles. The van der Waals surface area contributed by atoms with E-state index in [0.717, 1.165) is 4.90 Å². The quantitative estimate of drug-likeness (QED) is 0.656. The topological polar surface area (TPSA) is 95.9 Å².